The predicted octanol–water partition coefficient (Wildman–Crippen LogP) is 0.460. The summed E-state index contributed by atoms with van der Waals surface area (Å²) < 4.78 is 10.4. The lowest BCUT2D eigenvalue weighted by Gasteiger charge is -2.22. The average molecular weight is 240 g/mol. The second kappa shape index (κ2) is 6.32. The van der Waals surface area contributed by atoms with E-state index in [1.54, 1.807) is 14.2 Å². The second-order valence-electron chi connectivity index (χ2n) is 3.81. The van der Waals surface area contributed by atoms with Gasteiger partial charge in [-0.15, -0.1) is 0 Å². The fourth-order valence-electron chi connectivity index (χ4n) is 1.56. The minimum Gasteiger partial charge on any atom is -0.493 e. The van der Waals surface area contributed by atoms with E-state index in [-0.39, 0.29) is 6.54 Å². The maximum absolute atomic E-state index is 9.49. The Hall–Kier alpha value is -1.46. The summed E-state index contributed by atoms with van der Waals surface area (Å²) >= 11 is 0. The molecule has 5 nitrogen and oxygen atoms in total. The monoisotopic (exact) mass is 240 g/mol. The standard InChI is InChI=1S/C12H20N2O3/c1-14(8-10(15)7-13)9-4-5-11(16-2)12(6-9)17-3/h4-6,10,15H,7-8,13H2,1-3H3. The molecule has 0 saturated carbocycles. The summed E-state index contributed by atoms with van der Waals surface area (Å²) in [5.41, 5.74) is 6.32. The molecule has 5 heteroatoms. The van der Waals surface area contributed by atoms with E-state index in [0.717, 1.165) is 5.69 Å². The van der Waals surface area contributed by atoms with Gasteiger partial charge in [-0.1, -0.05) is 0 Å². The molecule has 0 aliphatic carbocycles. The molecule has 1 aromatic rings. The molecule has 3 N–H and O–H groups in total. The first-order chi connectivity index (χ1) is 8.12. The van der Waals surface area contributed by atoms with Gasteiger partial charge < -0.3 is 25.2 Å². The molecule has 0 spiro atoms. The number of hydrogen-bond donors (Lipinski definition) is 2. The van der Waals surface area contributed by atoms with Gasteiger partial charge >= 0.3 is 0 Å². The van der Waals surface area contributed by atoms with Crippen LogP contribution < -0.4 is 20.1 Å². The van der Waals surface area contributed by atoms with Gasteiger partial charge in [0.25, 0.3) is 0 Å². The van der Waals surface area contributed by atoms with Crippen molar-refractivity contribution in [3.8, 4) is 11.5 Å². The molecule has 1 atom stereocenters. The highest BCUT2D eigenvalue weighted by Gasteiger charge is 2.10. The minimum atomic E-state index is -0.534. The average Bonchev–Trinajstić information content (AvgIpc) is 2.37. The van der Waals surface area contributed by atoms with Crippen molar-refractivity contribution in [3.05, 3.63) is 18.2 Å². The van der Waals surface area contributed by atoms with E-state index in [9.17, 15) is 5.11 Å². The Morgan fingerprint density at radius 2 is 1.94 bits per heavy atom. The van der Waals surface area contributed by atoms with Crippen molar-refractivity contribution in [2.24, 2.45) is 5.73 Å². The van der Waals surface area contributed by atoms with Gasteiger partial charge in [-0.05, 0) is 12.1 Å². The maximum Gasteiger partial charge on any atom is 0.162 e. The predicted molar refractivity (Wildman–Crippen MR) is 67.9 cm³/mol. The van der Waals surface area contributed by atoms with Gasteiger partial charge in [0.15, 0.2) is 11.5 Å². The Balaban J connectivity index is 2.84. The molecular formula is C12H20N2O3. The number of ether oxygens (including phenoxy) is 2. The largest absolute Gasteiger partial charge is 0.493 e. The first kappa shape index (κ1) is 13.6. The third-order valence-electron chi connectivity index (χ3n) is 2.56. The number of anilines is 1. The van der Waals surface area contributed by atoms with Crippen molar-refractivity contribution in [3.63, 3.8) is 0 Å². The number of methoxy groups -OCH3 is 2. The Morgan fingerprint density at radius 1 is 1.29 bits per heavy atom. The van der Waals surface area contributed by atoms with E-state index in [1.165, 1.54) is 0 Å². The lowest BCUT2D eigenvalue weighted by Crippen LogP contribution is -2.34. The minimum absolute atomic E-state index is 0.248. The Bertz CT molecular complexity index is 358. The van der Waals surface area contributed by atoms with Crippen LogP contribution in [0.15, 0.2) is 18.2 Å². The van der Waals surface area contributed by atoms with Crippen LogP contribution in [0.2, 0.25) is 0 Å². The normalized spacial score (nSPS) is 12.1. The molecule has 0 bridgehead atoms. The van der Waals surface area contributed by atoms with E-state index < -0.39 is 6.10 Å². The maximum atomic E-state index is 9.49. The van der Waals surface area contributed by atoms with Crippen LogP contribution in [0.5, 0.6) is 11.5 Å². The van der Waals surface area contributed by atoms with Crippen molar-refractivity contribution >= 4 is 5.69 Å². The van der Waals surface area contributed by atoms with Crippen LogP contribution in [0.1, 0.15) is 0 Å². The van der Waals surface area contributed by atoms with E-state index in [1.807, 2.05) is 30.1 Å². The Kier molecular flexibility index (Phi) is 5.06. The topological polar surface area (TPSA) is 68.0 Å². The highest BCUT2D eigenvalue weighted by Crippen LogP contribution is 2.30. The van der Waals surface area contributed by atoms with Gasteiger partial charge in [-0.2, -0.15) is 0 Å². The molecule has 0 heterocycles. The van der Waals surface area contributed by atoms with E-state index in [4.69, 9.17) is 15.2 Å². The van der Waals surface area contributed by atoms with Crippen molar-refractivity contribution in [2.75, 3.05) is 39.3 Å². The molecule has 96 valence electrons. The van der Waals surface area contributed by atoms with Crippen LogP contribution in [-0.2, 0) is 0 Å². The summed E-state index contributed by atoms with van der Waals surface area (Å²) in [6.45, 7) is 0.726. The molecule has 17 heavy (non-hydrogen) atoms. The highest BCUT2D eigenvalue weighted by molar-refractivity contribution is 5.56. The number of aliphatic hydroxyl groups is 1. The summed E-state index contributed by atoms with van der Waals surface area (Å²) in [7, 11) is 5.08. The highest BCUT2D eigenvalue weighted by atomic mass is 16.5. The zero-order valence-electron chi connectivity index (χ0n) is 10.5. The van der Waals surface area contributed by atoms with Crippen LogP contribution in [-0.4, -0.2) is 45.6 Å². The van der Waals surface area contributed by atoms with Gasteiger partial charge in [-0.25, -0.2) is 0 Å². The molecule has 0 aliphatic rings. The molecule has 0 fully saturated rings. The molecule has 0 aromatic heterocycles. The summed E-state index contributed by atoms with van der Waals surface area (Å²) in [6, 6.07) is 5.60. The van der Waals surface area contributed by atoms with E-state index >= 15 is 0 Å². The Morgan fingerprint density at radius 3 is 2.47 bits per heavy atom. The summed E-state index contributed by atoms with van der Waals surface area (Å²) in [4.78, 5) is 1.92. The van der Waals surface area contributed by atoms with Crippen molar-refractivity contribution < 1.29 is 14.6 Å². The van der Waals surface area contributed by atoms with Crippen LogP contribution in [0.25, 0.3) is 0 Å². The fourth-order valence-corrected chi connectivity index (χ4v) is 1.56. The number of benzene rings is 1. The SMILES string of the molecule is COc1ccc(N(C)CC(O)CN)cc1OC. The number of likely N-dealkylation sites (N-methyl/N-ethyl adjacent to an activating group) is 1. The van der Waals surface area contributed by atoms with E-state index in [0.29, 0.717) is 18.0 Å². The number of rotatable bonds is 6. The van der Waals surface area contributed by atoms with Crippen molar-refractivity contribution in [1.82, 2.24) is 0 Å². The summed E-state index contributed by atoms with van der Waals surface area (Å²) in [5, 5.41) is 9.49. The second-order valence-corrected chi connectivity index (χ2v) is 3.81. The molecular weight excluding hydrogens is 220 g/mol. The van der Waals surface area contributed by atoms with Gasteiger partial charge in [0, 0.05) is 31.9 Å². The number of hydrogen-bond acceptors (Lipinski definition) is 5. The molecule has 0 radical (unpaired) electrons. The van der Waals surface area contributed by atoms with Crippen molar-refractivity contribution in [2.45, 2.75) is 6.10 Å². The smallest absolute Gasteiger partial charge is 0.162 e. The molecule has 0 saturated heterocycles. The first-order valence-corrected chi connectivity index (χ1v) is 5.43. The van der Waals surface area contributed by atoms with Crippen LogP contribution in [0.4, 0.5) is 5.69 Å². The Labute approximate surface area is 102 Å². The third-order valence-corrected chi connectivity index (χ3v) is 2.56. The number of nitrogens with two attached hydrogens (primary N) is 1. The number of nitrogens with zero attached hydrogens (tertiary/aromatic N) is 1. The molecule has 1 rings (SSSR count). The van der Waals surface area contributed by atoms with Gasteiger partial charge in [0.05, 0.1) is 20.3 Å². The molecule has 1 unspecified atom stereocenters. The van der Waals surface area contributed by atoms with E-state index in [2.05, 4.69) is 0 Å². The number of aliphatic hydroxyl groups excluding tert-OH is 1. The molecule has 1 aromatic carbocycles. The van der Waals surface area contributed by atoms with Crippen LogP contribution in [0, 0.1) is 0 Å². The summed E-state index contributed by atoms with van der Waals surface area (Å²) in [6.07, 6.45) is -0.534. The van der Waals surface area contributed by atoms with Gasteiger partial charge in [0.2, 0.25) is 0 Å². The van der Waals surface area contributed by atoms with Crippen LogP contribution in [0.3, 0.4) is 0 Å². The fraction of sp³-hybridized carbons (Fsp3) is 0.500. The van der Waals surface area contributed by atoms with Gasteiger partial charge in [0.1, 0.15) is 0 Å². The molecule has 0 amide bonds. The summed E-state index contributed by atoms with van der Waals surface area (Å²) in [5.74, 6) is 1.35. The third kappa shape index (κ3) is 3.51. The lowest BCUT2D eigenvalue weighted by atomic mass is 10.2. The zero-order valence-corrected chi connectivity index (χ0v) is 10.5. The zero-order chi connectivity index (χ0) is 12.8. The lowest BCUT2D eigenvalue weighted by molar-refractivity contribution is 0.189. The quantitative estimate of drug-likeness (QED) is 0.756. The molecule has 0 aliphatic heterocycles. The van der Waals surface area contributed by atoms with Gasteiger partial charge in [-0.3, -0.25) is 0 Å². The first-order valence-electron chi connectivity index (χ1n) is 5.43. The van der Waals surface area contributed by atoms with Crippen molar-refractivity contribution in [1.29, 1.82) is 0 Å². The van der Waals surface area contributed by atoms with Crippen LogP contribution >= 0.6 is 0 Å².